The van der Waals surface area contributed by atoms with Crippen LogP contribution in [0.3, 0.4) is 0 Å². The number of ether oxygens (including phenoxy) is 3. The van der Waals surface area contributed by atoms with Gasteiger partial charge in [0.2, 0.25) is 5.91 Å². The fourth-order valence-electron chi connectivity index (χ4n) is 6.89. The van der Waals surface area contributed by atoms with Gasteiger partial charge in [0.05, 0.1) is 16.9 Å². The zero-order valence-electron chi connectivity index (χ0n) is 27.2. The number of carbonyl (C=O) groups is 4. The predicted molar refractivity (Wildman–Crippen MR) is 178 cm³/mol. The molecule has 0 saturated carbocycles. The summed E-state index contributed by atoms with van der Waals surface area (Å²) in [4.78, 5) is 57.8. The lowest BCUT2D eigenvalue weighted by Crippen LogP contribution is -2.72. The molecule has 2 heterocycles. The van der Waals surface area contributed by atoms with Crippen LogP contribution in [0.5, 0.6) is 0 Å². The second-order valence-corrected chi connectivity index (χ2v) is 15.4. The second-order valence-electron chi connectivity index (χ2n) is 13.7. The summed E-state index contributed by atoms with van der Waals surface area (Å²) in [5.74, 6) is -3.21. The highest BCUT2D eigenvalue weighted by molar-refractivity contribution is 8.01. The first-order valence-corrected chi connectivity index (χ1v) is 16.7. The van der Waals surface area contributed by atoms with Gasteiger partial charge in [-0.3, -0.25) is 9.59 Å². The van der Waals surface area contributed by atoms with Crippen LogP contribution in [0.1, 0.15) is 63.8 Å². The van der Waals surface area contributed by atoms with E-state index in [1.54, 1.807) is 26.8 Å². The standard InChI is InChI=1S/C38H39NO7S/c1-36(2,3)46-32(41)28-22-21-27(31(40)44-23-24-15-9-6-10-16-24)38(28)34(43)39-30(37(4,5)47-35(38)39)33(42)45-29(25-17-11-7-12-18-25)26-19-13-8-14-20-26/h6-21,28-30,35H,22-23H2,1-5H3/t28-,30+,35-,38?/m1/s1. The molecule has 9 heteroatoms. The van der Waals surface area contributed by atoms with Crippen LogP contribution in [0.15, 0.2) is 103 Å². The monoisotopic (exact) mass is 653 g/mol. The Balaban J connectivity index is 1.32. The molecule has 3 aromatic rings. The van der Waals surface area contributed by atoms with E-state index < -0.39 is 63.0 Å². The maximum absolute atomic E-state index is 14.6. The van der Waals surface area contributed by atoms with Crippen molar-refractivity contribution in [3.63, 3.8) is 0 Å². The molecule has 1 unspecified atom stereocenters. The number of nitrogens with zero attached hydrogens (tertiary/aromatic N) is 1. The summed E-state index contributed by atoms with van der Waals surface area (Å²) in [6.07, 6.45) is 1.08. The Kier molecular flexibility index (Phi) is 8.55. The zero-order valence-corrected chi connectivity index (χ0v) is 28.0. The van der Waals surface area contributed by atoms with Gasteiger partial charge < -0.3 is 19.1 Å². The molecule has 1 spiro atoms. The molecule has 244 valence electrons. The van der Waals surface area contributed by atoms with Crippen LogP contribution >= 0.6 is 11.8 Å². The molecule has 0 bridgehead atoms. The molecule has 0 radical (unpaired) electrons. The third-order valence-electron chi connectivity index (χ3n) is 8.92. The van der Waals surface area contributed by atoms with Crippen molar-refractivity contribution >= 4 is 35.6 Å². The van der Waals surface area contributed by atoms with Crippen molar-refractivity contribution in [2.75, 3.05) is 0 Å². The number of benzene rings is 3. The van der Waals surface area contributed by atoms with Crippen LogP contribution in [0.4, 0.5) is 0 Å². The van der Waals surface area contributed by atoms with Crippen LogP contribution in [-0.4, -0.2) is 50.5 Å². The van der Waals surface area contributed by atoms with Gasteiger partial charge >= 0.3 is 17.9 Å². The van der Waals surface area contributed by atoms with Gasteiger partial charge in [0.25, 0.3) is 0 Å². The van der Waals surface area contributed by atoms with Gasteiger partial charge in [0.15, 0.2) is 6.10 Å². The Morgan fingerprint density at radius 3 is 1.98 bits per heavy atom. The summed E-state index contributed by atoms with van der Waals surface area (Å²) in [7, 11) is 0. The van der Waals surface area contributed by atoms with Crippen molar-refractivity contribution in [1.29, 1.82) is 0 Å². The average molecular weight is 654 g/mol. The third kappa shape index (κ3) is 5.86. The van der Waals surface area contributed by atoms with Crippen LogP contribution in [0, 0.1) is 11.3 Å². The molecule has 1 amide bonds. The number of esters is 3. The first kappa shape index (κ1) is 32.6. The normalized spacial score (nSPS) is 24.4. The number of hydrogen-bond acceptors (Lipinski definition) is 8. The Morgan fingerprint density at radius 1 is 0.872 bits per heavy atom. The van der Waals surface area contributed by atoms with Gasteiger partial charge in [-0.1, -0.05) is 97.1 Å². The highest BCUT2D eigenvalue weighted by atomic mass is 32.2. The maximum Gasteiger partial charge on any atom is 0.335 e. The van der Waals surface area contributed by atoms with Gasteiger partial charge in [-0.05, 0) is 57.7 Å². The van der Waals surface area contributed by atoms with Gasteiger partial charge in [-0.25, -0.2) is 9.59 Å². The van der Waals surface area contributed by atoms with Gasteiger partial charge in [-0.15, -0.1) is 11.8 Å². The molecular weight excluding hydrogens is 614 g/mol. The Hall–Kier alpha value is -4.37. The molecule has 47 heavy (non-hydrogen) atoms. The SMILES string of the molecule is CC(C)(C)OC(=O)[C@H]1CC=C(C(=O)OCc2ccccc2)C12C(=O)N1[C@@H](C(=O)OC(c3ccccc3)c3ccccc3)C(C)(C)S[C@@H]12. The predicted octanol–water partition coefficient (Wildman–Crippen LogP) is 6.40. The zero-order chi connectivity index (χ0) is 33.6. The summed E-state index contributed by atoms with van der Waals surface area (Å²) >= 11 is 1.40. The minimum Gasteiger partial charge on any atom is -0.460 e. The molecular formula is C38H39NO7S. The number of hydrogen-bond donors (Lipinski definition) is 0. The smallest absolute Gasteiger partial charge is 0.335 e. The molecule has 8 nitrogen and oxygen atoms in total. The molecule has 2 fully saturated rings. The van der Waals surface area contributed by atoms with E-state index in [2.05, 4.69) is 0 Å². The van der Waals surface area contributed by atoms with Crippen molar-refractivity contribution < 1.29 is 33.4 Å². The van der Waals surface area contributed by atoms with Crippen LogP contribution in [-0.2, 0) is 40.0 Å². The third-order valence-corrected chi connectivity index (χ3v) is 10.6. The minimum absolute atomic E-state index is 0.0146. The average Bonchev–Trinajstić information content (AvgIpc) is 3.59. The Morgan fingerprint density at radius 2 is 1.43 bits per heavy atom. The summed E-state index contributed by atoms with van der Waals surface area (Å²) < 4.78 is 16.9. The summed E-state index contributed by atoms with van der Waals surface area (Å²) in [5, 5.41) is -0.690. The molecule has 3 aromatic carbocycles. The van der Waals surface area contributed by atoms with Crippen LogP contribution in [0.2, 0.25) is 0 Å². The first-order valence-electron chi connectivity index (χ1n) is 15.8. The molecule has 0 N–H and O–H groups in total. The van der Waals surface area contributed by atoms with E-state index >= 15 is 0 Å². The molecule has 2 aliphatic heterocycles. The van der Waals surface area contributed by atoms with E-state index in [-0.39, 0.29) is 18.6 Å². The van der Waals surface area contributed by atoms with Crippen molar-refractivity contribution in [2.24, 2.45) is 11.3 Å². The van der Waals surface area contributed by atoms with E-state index in [4.69, 9.17) is 14.2 Å². The maximum atomic E-state index is 14.6. The highest BCUT2D eigenvalue weighted by Gasteiger charge is 2.78. The van der Waals surface area contributed by atoms with E-state index in [0.29, 0.717) is 0 Å². The largest absolute Gasteiger partial charge is 0.460 e. The number of amides is 1. The van der Waals surface area contributed by atoms with Crippen molar-refractivity contribution in [1.82, 2.24) is 4.90 Å². The van der Waals surface area contributed by atoms with E-state index in [1.165, 1.54) is 16.7 Å². The minimum atomic E-state index is -1.54. The summed E-state index contributed by atoms with van der Waals surface area (Å²) in [6.45, 7) is 9.08. The number of fused-ring (bicyclic) bond motifs is 2. The van der Waals surface area contributed by atoms with E-state index in [0.717, 1.165) is 16.7 Å². The van der Waals surface area contributed by atoms with E-state index in [9.17, 15) is 19.2 Å². The fourth-order valence-corrected chi connectivity index (χ4v) is 8.71. The number of carbonyl (C=O) groups excluding carboxylic acids is 4. The van der Waals surface area contributed by atoms with E-state index in [1.807, 2.05) is 105 Å². The van der Waals surface area contributed by atoms with Crippen molar-refractivity contribution in [2.45, 2.75) is 75.5 Å². The molecule has 4 atom stereocenters. The quantitative estimate of drug-likeness (QED) is 0.157. The number of β-lactam (4-membered cyclic amide) rings is 1. The molecule has 0 aromatic heterocycles. The van der Waals surface area contributed by atoms with Gasteiger partial charge in [-0.2, -0.15) is 0 Å². The second kappa shape index (κ2) is 12.3. The summed E-state index contributed by atoms with van der Waals surface area (Å²) in [5.41, 5.74) is 0.185. The highest BCUT2D eigenvalue weighted by Crippen LogP contribution is 2.67. The molecule has 1 aliphatic carbocycles. The lowest BCUT2D eigenvalue weighted by Gasteiger charge is -2.54. The lowest BCUT2D eigenvalue weighted by atomic mass is 9.65. The Bertz CT molecular complexity index is 1660. The van der Waals surface area contributed by atoms with Crippen LogP contribution < -0.4 is 0 Å². The molecule has 2 saturated heterocycles. The number of thioether (sulfide) groups is 1. The lowest BCUT2D eigenvalue weighted by molar-refractivity contribution is -0.187. The fraction of sp³-hybridized carbons (Fsp3) is 0.368. The number of allylic oxidation sites excluding steroid dienone is 1. The summed E-state index contributed by atoms with van der Waals surface area (Å²) in [6, 6.07) is 27.2. The Labute approximate surface area is 279 Å². The van der Waals surface area contributed by atoms with Gasteiger partial charge in [0.1, 0.15) is 23.7 Å². The molecule has 6 rings (SSSR count). The topological polar surface area (TPSA) is 99.2 Å². The first-order chi connectivity index (χ1) is 22.3. The van der Waals surface area contributed by atoms with Gasteiger partial charge in [0, 0.05) is 4.75 Å². The van der Waals surface area contributed by atoms with Crippen molar-refractivity contribution in [3.8, 4) is 0 Å². The number of rotatable bonds is 8. The molecule has 3 aliphatic rings. The van der Waals surface area contributed by atoms with Crippen LogP contribution in [0.25, 0.3) is 0 Å². The van der Waals surface area contributed by atoms with Crippen molar-refractivity contribution in [3.05, 3.63) is 119 Å².